The molecule has 0 aliphatic rings. The summed E-state index contributed by atoms with van der Waals surface area (Å²) in [5.41, 5.74) is 3.60. The molecule has 0 saturated heterocycles. The first-order valence-corrected chi connectivity index (χ1v) is 5.83. The summed E-state index contributed by atoms with van der Waals surface area (Å²) in [6.45, 7) is 2.46. The molecule has 3 N–H and O–H groups in total. The van der Waals surface area contributed by atoms with Crippen LogP contribution in [0.3, 0.4) is 0 Å². The summed E-state index contributed by atoms with van der Waals surface area (Å²) in [7, 11) is 0. The van der Waals surface area contributed by atoms with Gasteiger partial charge in [-0.3, -0.25) is 0 Å². The molecule has 0 amide bonds. The van der Waals surface area contributed by atoms with Gasteiger partial charge in [-0.1, -0.05) is 37.3 Å². The van der Waals surface area contributed by atoms with E-state index in [0.717, 1.165) is 12.0 Å². The third kappa shape index (κ3) is 3.18. The molecule has 1 aromatic carbocycles. The third-order valence-electron chi connectivity index (χ3n) is 2.44. The van der Waals surface area contributed by atoms with Gasteiger partial charge in [0.25, 0.3) is 0 Å². The van der Waals surface area contributed by atoms with E-state index in [4.69, 9.17) is 10.6 Å². The molecule has 0 aliphatic carbocycles. The van der Waals surface area contributed by atoms with E-state index in [2.05, 4.69) is 15.4 Å². The summed E-state index contributed by atoms with van der Waals surface area (Å²) in [5.74, 6) is 7.14. The van der Waals surface area contributed by atoms with Crippen LogP contribution < -0.4 is 16.0 Å². The van der Waals surface area contributed by atoms with Crippen LogP contribution in [0.1, 0.15) is 18.3 Å². The molecule has 0 fully saturated rings. The predicted octanol–water partition coefficient (Wildman–Crippen LogP) is 1.90. The second kappa shape index (κ2) is 5.97. The fourth-order valence-corrected chi connectivity index (χ4v) is 1.51. The van der Waals surface area contributed by atoms with E-state index in [-0.39, 0.29) is 0 Å². The number of nitrogen functional groups attached to an aromatic ring is 1. The Morgan fingerprint density at radius 3 is 2.67 bits per heavy atom. The SMILES string of the molecule is CCc1nc(NN)cc(OCc2ccccc2)n1. The fourth-order valence-electron chi connectivity index (χ4n) is 1.51. The fraction of sp³-hybridized carbons (Fsp3) is 0.231. The first kappa shape index (κ1) is 12.3. The number of benzene rings is 1. The Bertz CT molecular complexity index is 479. The second-order valence-corrected chi connectivity index (χ2v) is 3.78. The molecular weight excluding hydrogens is 228 g/mol. The van der Waals surface area contributed by atoms with Gasteiger partial charge in [0.05, 0.1) is 0 Å². The van der Waals surface area contributed by atoms with Crippen LogP contribution in [0, 0.1) is 0 Å². The van der Waals surface area contributed by atoms with E-state index >= 15 is 0 Å². The maximum absolute atomic E-state index is 5.63. The van der Waals surface area contributed by atoms with Crippen LogP contribution in [-0.2, 0) is 13.0 Å². The minimum Gasteiger partial charge on any atom is -0.473 e. The lowest BCUT2D eigenvalue weighted by atomic mass is 10.2. The second-order valence-electron chi connectivity index (χ2n) is 3.78. The van der Waals surface area contributed by atoms with Crippen LogP contribution in [0.4, 0.5) is 5.82 Å². The number of rotatable bonds is 5. The van der Waals surface area contributed by atoms with Crippen molar-refractivity contribution in [2.45, 2.75) is 20.0 Å². The molecule has 5 nitrogen and oxygen atoms in total. The number of nitrogens with zero attached hydrogens (tertiary/aromatic N) is 2. The van der Waals surface area contributed by atoms with Crippen LogP contribution in [0.2, 0.25) is 0 Å². The van der Waals surface area contributed by atoms with Gasteiger partial charge in [-0.2, -0.15) is 4.98 Å². The minimum atomic E-state index is 0.477. The summed E-state index contributed by atoms with van der Waals surface area (Å²) >= 11 is 0. The van der Waals surface area contributed by atoms with Crippen molar-refractivity contribution in [1.29, 1.82) is 0 Å². The van der Waals surface area contributed by atoms with Gasteiger partial charge in [-0.15, -0.1) is 0 Å². The van der Waals surface area contributed by atoms with Crippen molar-refractivity contribution in [3.05, 3.63) is 47.8 Å². The van der Waals surface area contributed by atoms with Gasteiger partial charge in [0.1, 0.15) is 18.2 Å². The van der Waals surface area contributed by atoms with Gasteiger partial charge in [-0.25, -0.2) is 10.8 Å². The lowest BCUT2D eigenvalue weighted by Crippen LogP contribution is -2.11. The molecule has 0 saturated carbocycles. The van der Waals surface area contributed by atoms with Crippen molar-refractivity contribution in [2.75, 3.05) is 5.43 Å². The summed E-state index contributed by atoms with van der Waals surface area (Å²) in [4.78, 5) is 8.48. The average molecular weight is 244 g/mol. The first-order chi connectivity index (χ1) is 8.81. The Labute approximate surface area is 106 Å². The van der Waals surface area contributed by atoms with E-state index in [0.29, 0.717) is 24.1 Å². The highest BCUT2D eigenvalue weighted by molar-refractivity contribution is 5.37. The number of aryl methyl sites for hydroxylation is 1. The summed E-state index contributed by atoms with van der Waals surface area (Å²) < 4.78 is 5.63. The van der Waals surface area contributed by atoms with Gasteiger partial charge < -0.3 is 10.2 Å². The monoisotopic (exact) mass is 244 g/mol. The number of anilines is 1. The molecule has 94 valence electrons. The normalized spacial score (nSPS) is 10.1. The number of nitrogens with two attached hydrogens (primary N) is 1. The van der Waals surface area contributed by atoms with E-state index in [1.54, 1.807) is 6.07 Å². The Morgan fingerprint density at radius 1 is 1.22 bits per heavy atom. The van der Waals surface area contributed by atoms with Crippen molar-refractivity contribution in [1.82, 2.24) is 9.97 Å². The van der Waals surface area contributed by atoms with E-state index in [9.17, 15) is 0 Å². The molecular formula is C13H16N4O. The number of ether oxygens (including phenoxy) is 1. The van der Waals surface area contributed by atoms with E-state index in [1.165, 1.54) is 0 Å². The van der Waals surface area contributed by atoms with Crippen LogP contribution in [-0.4, -0.2) is 9.97 Å². The van der Waals surface area contributed by atoms with Crippen molar-refractivity contribution in [3.8, 4) is 5.88 Å². The van der Waals surface area contributed by atoms with E-state index in [1.807, 2.05) is 37.3 Å². The maximum atomic E-state index is 5.63. The molecule has 1 heterocycles. The molecule has 0 aliphatic heterocycles. The molecule has 2 rings (SSSR count). The Balaban J connectivity index is 2.09. The molecule has 0 radical (unpaired) electrons. The Kier molecular flexibility index (Phi) is 4.09. The number of hydrogen-bond donors (Lipinski definition) is 2. The van der Waals surface area contributed by atoms with Gasteiger partial charge in [0.15, 0.2) is 0 Å². The average Bonchev–Trinajstić information content (AvgIpc) is 2.45. The lowest BCUT2D eigenvalue weighted by Gasteiger charge is -2.08. The van der Waals surface area contributed by atoms with Crippen molar-refractivity contribution in [2.24, 2.45) is 5.84 Å². The zero-order valence-electron chi connectivity index (χ0n) is 10.3. The number of hydrogen-bond acceptors (Lipinski definition) is 5. The van der Waals surface area contributed by atoms with Crippen molar-refractivity contribution < 1.29 is 4.74 Å². The molecule has 0 spiro atoms. The van der Waals surface area contributed by atoms with Crippen molar-refractivity contribution in [3.63, 3.8) is 0 Å². The Hall–Kier alpha value is -2.14. The van der Waals surface area contributed by atoms with Gasteiger partial charge in [0.2, 0.25) is 5.88 Å². The van der Waals surface area contributed by atoms with Gasteiger partial charge in [-0.05, 0) is 5.56 Å². The standard InChI is InChI=1S/C13H16N4O/c1-2-11-15-12(17-14)8-13(16-11)18-9-10-6-4-3-5-7-10/h3-8H,2,9,14H2,1H3,(H,15,16,17). The van der Waals surface area contributed by atoms with Crippen LogP contribution >= 0.6 is 0 Å². The molecule has 2 aromatic rings. The number of aromatic nitrogens is 2. The van der Waals surface area contributed by atoms with Gasteiger partial charge in [0, 0.05) is 12.5 Å². The first-order valence-electron chi connectivity index (χ1n) is 5.83. The largest absolute Gasteiger partial charge is 0.473 e. The lowest BCUT2D eigenvalue weighted by molar-refractivity contribution is 0.292. The molecule has 0 atom stereocenters. The van der Waals surface area contributed by atoms with Crippen molar-refractivity contribution >= 4 is 5.82 Å². The zero-order chi connectivity index (χ0) is 12.8. The third-order valence-corrected chi connectivity index (χ3v) is 2.44. The molecule has 0 bridgehead atoms. The highest BCUT2D eigenvalue weighted by Crippen LogP contribution is 2.14. The summed E-state index contributed by atoms with van der Waals surface area (Å²) in [5, 5.41) is 0. The summed E-state index contributed by atoms with van der Waals surface area (Å²) in [6, 6.07) is 11.6. The predicted molar refractivity (Wildman–Crippen MR) is 70.0 cm³/mol. The minimum absolute atomic E-state index is 0.477. The molecule has 18 heavy (non-hydrogen) atoms. The Morgan fingerprint density at radius 2 is 2.00 bits per heavy atom. The number of hydrazine groups is 1. The molecule has 0 unspecified atom stereocenters. The zero-order valence-corrected chi connectivity index (χ0v) is 10.3. The topological polar surface area (TPSA) is 73.1 Å². The maximum Gasteiger partial charge on any atom is 0.219 e. The number of nitrogens with one attached hydrogen (secondary N) is 1. The molecule has 1 aromatic heterocycles. The van der Waals surface area contributed by atoms with Gasteiger partial charge >= 0.3 is 0 Å². The highest BCUT2D eigenvalue weighted by atomic mass is 16.5. The van der Waals surface area contributed by atoms with E-state index < -0.39 is 0 Å². The van der Waals surface area contributed by atoms with Crippen LogP contribution in [0.5, 0.6) is 5.88 Å². The van der Waals surface area contributed by atoms with Crippen LogP contribution in [0.25, 0.3) is 0 Å². The highest BCUT2D eigenvalue weighted by Gasteiger charge is 2.03. The molecule has 5 heteroatoms. The van der Waals surface area contributed by atoms with Crippen LogP contribution in [0.15, 0.2) is 36.4 Å². The smallest absolute Gasteiger partial charge is 0.219 e. The quantitative estimate of drug-likeness (QED) is 0.621. The summed E-state index contributed by atoms with van der Waals surface area (Å²) in [6.07, 6.45) is 0.733.